The van der Waals surface area contributed by atoms with Gasteiger partial charge in [0.1, 0.15) is 5.82 Å². The predicted molar refractivity (Wildman–Crippen MR) is 75.1 cm³/mol. The third-order valence-electron chi connectivity index (χ3n) is 4.86. The Morgan fingerprint density at radius 3 is 2.79 bits per heavy atom. The van der Waals surface area contributed by atoms with Gasteiger partial charge in [0, 0.05) is 30.3 Å². The fourth-order valence-corrected chi connectivity index (χ4v) is 3.88. The molecule has 2 aliphatic rings. The lowest BCUT2D eigenvalue weighted by Gasteiger charge is -2.37. The van der Waals surface area contributed by atoms with E-state index in [9.17, 15) is 4.39 Å². The standard InChI is InChI=1S/C16H23FN2/c17-16-13(10-18)5-1-6-14(16)11-19-9-3-7-12-4-2-8-15(12)19/h1,5-6,12,15H,2-4,7-11,18H2. The van der Waals surface area contributed by atoms with Gasteiger partial charge in [-0.25, -0.2) is 4.39 Å². The van der Waals surface area contributed by atoms with Crippen molar-refractivity contribution in [2.75, 3.05) is 6.54 Å². The summed E-state index contributed by atoms with van der Waals surface area (Å²) in [5, 5.41) is 0. The van der Waals surface area contributed by atoms with Crippen molar-refractivity contribution >= 4 is 0 Å². The Morgan fingerprint density at radius 1 is 1.16 bits per heavy atom. The lowest BCUT2D eigenvalue weighted by Crippen LogP contribution is -2.42. The van der Waals surface area contributed by atoms with E-state index >= 15 is 0 Å². The maximum absolute atomic E-state index is 14.3. The molecule has 3 heteroatoms. The van der Waals surface area contributed by atoms with Crippen LogP contribution in [0.2, 0.25) is 0 Å². The average molecular weight is 262 g/mol. The van der Waals surface area contributed by atoms with Crippen molar-refractivity contribution in [1.29, 1.82) is 0 Å². The van der Waals surface area contributed by atoms with Crippen LogP contribution in [0.4, 0.5) is 4.39 Å². The Balaban J connectivity index is 1.77. The van der Waals surface area contributed by atoms with Gasteiger partial charge in [0.25, 0.3) is 0 Å². The number of nitrogens with zero attached hydrogens (tertiary/aromatic N) is 1. The van der Waals surface area contributed by atoms with Gasteiger partial charge in [0.15, 0.2) is 0 Å². The van der Waals surface area contributed by atoms with E-state index in [1.165, 1.54) is 32.1 Å². The molecule has 1 saturated heterocycles. The zero-order chi connectivity index (χ0) is 13.2. The molecule has 1 heterocycles. The lowest BCUT2D eigenvalue weighted by molar-refractivity contribution is 0.104. The summed E-state index contributed by atoms with van der Waals surface area (Å²) in [4.78, 5) is 2.50. The third kappa shape index (κ3) is 2.54. The van der Waals surface area contributed by atoms with E-state index in [4.69, 9.17) is 5.73 Å². The number of halogens is 1. The summed E-state index contributed by atoms with van der Waals surface area (Å²) in [6, 6.07) is 6.31. The van der Waals surface area contributed by atoms with Crippen molar-refractivity contribution in [2.45, 2.75) is 51.2 Å². The number of benzene rings is 1. The molecule has 1 aliphatic heterocycles. The molecule has 1 aliphatic carbocycles. The van der Waals surface area contributed by atoms with Gasteiger partial charge in [-0.2, -0.15) is 0 Å². The molecule has 2 unspecified atom stereocenters. The average Bonchev–Trinajstić information content (AvgIpc) is 2.90. The van der Waals surface area contributed by atoms with Crippen molar-refractivity contribution < 1.29 is 4.39 Å². The Kier molecular flexibility index (Phi) is 3.85. The number of fused-ring (bicyclic) bond motifs is 1. The first kappa shape index (κ1) is 13.1. The van der Waals surface area contributed by atoms with E-state index < -0.39 is 0 Å². The summed E-state index contributed by atoms with van der Waals surface area (Å²) in [6.45, 7) is 2.15. The molecule has 104 valence electrons. The fraction of sp³-hybridized carbons (Fsp3) is 0.625. The summed E-state index contributed by atoms with van der Waals surface area (Å²) >= 11 is 0. The first-order valence-electron chi connectivity index (χ1n) is 7.50. The smallest absolute Gasteiger partial charge is 0.132 e. The van der Waals surface area contributed by atoms with Crippen LogP contribution in [0.3, 0.4) is 0 Å². The monoisotopic (exact) mass is 262 g/mol. The van der Waals surface area contributed by atoms with Crippen LogP contribution in [0.15, 0.2) is 18.2 Å². The molecule has 2 atom stereocenters. The number of rotatable bonds is 3. The van der Waals surface area contributed by atoms with Crippen molar-refractivity contribution in [1.82, 2.24) is 4.90 Å². The molecule has 0 radical (unpaired) electrons. The van der Waals surface area contributed by atoms with Gasteiger partial charge in [0.2, 0.25) is 0 Å². The molecule has 0 bridgehead atoms. The minimum atomic E-state index is -0.0925. The maximum Gasteiger partial charge on any atom is 0.132 e. The van der Waals surface area contributed by atoms with Crippen molar-refractivity contribution in [3.05, 3.63) is 35.1 Å². The minimum Gasteiger partial charge on any atom is -0.326 e. The van der Waals surface area contributed by atoms with Crippen molar-refractivity contribution in [3.8, 4) is 0 Å². The van der Waals surface area contributed by atoms with E-state index in [2.05, 4.69) is 4.90 Å². The molecule has 19 heavy (non-hydrogen) atoms. The second-order valence-electron chi connectivity index (χ2n) is 5.97. The summed E-state index contributed by atoms with van der Waals surface area (Å²) in [5.74, 6) is 0.764. The van der Waals surface area contributed by atoms with Gasteiger partial charge in [0.05, 0.1) is 0 Å². The zero-order valence-corrected chi connectivity index (χ0v) is 11.4. The second kappa shape index (κ2) is 5.59. The highest BCUT2D eigenvalue weighted by molar-refractivity contribution is 5.26. The maximum atomic E-state index is 14.3. The molecular weight excluding hydrogens is 239 g/mol. The van der Waals surface area contributed by atoms with Crippen LogP contribution in [-0.2, 0) is 13.1 Å². The van der Waals surface area contributed by atoms with Crippen LogP contribution in [0.25, 0.3) is 0 Å². The predicted octanol–water partition coefficient (Wildman–Crippen LogP) is 3.05. The summed E-state index contributed by atoms with van der Waals surface area (Å²) < 4.78 is 14.3. The van der Waals surface area contributed by atoms with Gasteiger partial charge in [-0.15, -0.1) is 0 Å². The largest absolute Gasteiger partial charge is 0.326 e. The molecule has 1 saturated carbocycles. The lowest BCUT2D eigenvalue weighted by atomic mass is 9.91. The van der Waals surface area contributed by atoms with Gasteiger partial charge < -0.3 is 5.73 Å². The van der Waals surface area contributed by atoms with Crippen LogP contribution in [-0.4, -0.2) is 17.5 Å². The van der Waals surface area contributed by atoms with Gasteiger partial charge >= 0.3 is 0 Å². The molecule has 1 aromatic carbocycles. The quantitative estimate of drug-likeness (QED) is 0.907. The normalized spacial score (nSPS) is 27.5. The SMILES string of the molecule is NCc1cccc(CN2CCCC3CCCC32)c1F. The van der Waals surface area contributed by atoms with E-state index in [1.807, 2.05) is 12.1 Å². The molecule has 0 amide bonds. The van der Waals surface area contributed by atoms with E-state index in [0.29, 0.717) is 11.6 Å². The van der Waals surface area contributed by atoms with Crippen LogP contribution in [0.1, 0.15) is 43.2 Å². The molecule has 2 N–H and O–H groups in total. The topological polar surface area (TPSA) is 29.3 Å². The van der Waals surface area contributed by atoms with Crippen LogP contribution in [0.5, 0.6) is 0 Å². The van der Waals surface area contributed by atoms with Crippen LogP contribution >= 0.6 is 0 Å². The van der Waals surface area contributed by atoms with Gasteiger partial charge in [-0.1, -0.05) is 24.6 Å². The van der Waals surface area contributed by atoms with Crippen LogP contribution < -0.4 is 5.73 Å². The van der Waals surface area contributed by atoms with Crippen LogP contribution in [0, 0.1) is 11.7 Å². The highest BCUT2D eigenvalue weighted by Crippen LogP contribution is 2.37. The van der Waals surface area contributed by atoms with E-state index in [-0.39, 0.29) is 12.4 Å². The molecule has 3 rings (SSSR count). The number of hydrogen-bond donors (Lipinski definition) is 1. The van der Waals surface area contributed by atoms with Gasteiger partial charge in [-0.3, -0.25) is 4.90 Å². The summed E-state index contributed by atoms with van der Waals surface area (Å²) in [7, 11) is 0. The Labute approximate surface area is 114 Å². The summed E-state index contributed by atoms with van der Waals surface area (Å²) in [5.41, 5.74) is 7.04. The first-order chi connectivity index (χ1) is 9.29. The fourth-order valence-electron chi connectivity index (χ4n) is 3.88. The van der Waals surface area contributed by atoms with Crippen molar-refractivity contribution in [3.63, 3.8) is 0 Å². The van der Waals surface area contributed by atoms with E-state index in [1.54, 1.807) is 6.07 Å². The molecular formula is C16H23FN2. The highest BCUT2D eigenvalue weighted by Gasteiger charge is 2.34. The number of piperidine rings is 1. The van der Waals surface area contributed by atoms with Crippen molar-refractivity contribution in [2.24, 2.45) is 11.7 Å². The zero-order valence-electron chi connectivity index (χ0n) is 11.4. The molecule has 1 aromatic rings. The second-order valence-corrected chi connectivity index (χ2v) is 5.97. The Morgan fingerprint density at radius 2 is 1.95 bits per heavy atom. The number of hydrogen-bond acceptors (Lipinski definition) is 2. The van der Waals surface area contributed by atoms with E-state index in [0.717, 1.165) is 24.6 Å². The Bertz CT molecular complexity index is 446. The molecule has 0 aromatic heterocycles. The third-order valence-corrected chi connectivity index (χ3v) is 4.86. The molecule has 2 nitrogen and oxygen atoms in total. The first-order valence-corrected chi connectivity index (χ1v) is 7.50. The number of likely N-dealkylation sites (tertiary alicyclic amines) is 1. The Hall–Kier alpha value is -0.930. The highest BCUT2D eigenvalue weighted by atomic mass is 19.1. The minimum absolute atomic E-state index is 0.0925. The summed E-state index contributed by atoms with van der Waals surface area (Å²) in [6.07, 6.45) is 6.64. The van der Waals surface area contributed by atoms with Gasteiger partial charge in [-0.05, 0) is 38.1 Å². The number of nitrogens with two attached hydrogens (primary N) is 1. The molecule has 2 fully saturated rings. The molecule has 0 spiro atoms.